The maximum atomic E-state index is 11.7. The van der Waals surface area contributed by atoms with Gasteiger partial charge in [0.25, 0.3) is 0 Å². The number of amides is 1. The van der Waals surface area contributed by atoms with Crippen LogP contribution in [0.3, 0.4) is 0 Å². The molecule has 1 saturated carbocycles. The number of hydrogen-bond acceptors (Lipinski definition) is 4. The molecule has 0 spiro atoms. The molecule has 5 heteroatoms. The average molecular weight is 245 g/mol. The number of nitrogens with zero attached hydrogens (tertiary/aromatic N) is 1. The highest BCUT2D eigenvalue weighted by Crippen LogP contribution is 2.26. The van der Waals surface area contributed by atoms with E-state index in [-0.39, 0.29) is 17.1 Å². The molecule has 1 rings (SSSR count). The lowest BCUT2D eigenvalue weighted by Gasteiger charge is -2.17. The molecule has 0 aliphatic heterocycles. The smallest absolute Gasteiger partial charge is 0.306 e. The zero-order chi connectivity index (χ0) is 12.1. The number of carbonyl (C=O) groups excluding carboxylic acids is 2. The van der Waals surface area contributed by atoms with E-state index in [2.05, 4.69) is 4.74 Å². The van der Waals surface area contributed by atoms with E-state index in [9.17, 15) is 9.59 Å². The molecular weight excluding hydrogens is 226 g/mol. The molecule has 4 nitrogen and oxygen atoms in total. The lowest BCUT2D eigenvalue weighted by molar-refractivity contribution is -0.140. The number of methoxy groups -OCH3 is 1. The van der Waals surface area contributed by atoms with Gasteiger partial charge in [-0.15, -0.1) is 11.8 Å². The highest BCUT2D eigenvalue weighted by molar-refractivity contribution is 8.00. The van der Waals surface area contributed by atoms with Crippen LogP contribution in [-0.2, 0) is 14.3 Å². The Bertz CT molecular complexity index is 266. The van der Waals surface area contributed by atoms with Crippen molar-refractivity contribution in [3.8, 4) is 0 Å². The molecule has 0 radical (unpaired) electrons. The largest absolute Gasteiger partial charge is 0.469 e. The summed E-state index contributed by atoms with van der Waals surface area (Å²) in [5, 5.41) is 0.129. The van der Waals surface area contributed by atoms with Crippen LogP contribution in [0.15, 0.2) is 0 Å². The van der Waals surface area contributed by atoms with Crippen LogP contribution in [0.4, 0.5) is 0 Å². The van der Waals surface area contributed by atoms with E-state index in [1.807, 2.05) is 18.9 Å². The summed E-state index contributed by atoms with van der Waals surface area (Å²) in [5.74, 6) is 0.387. The lowest BCUT2D eigenvalue weighted by atomic mass is 10.3. The number of thioether (sulfide) groups is 1. The third kappa shape index (κ3) is 4.43. The van der Waals surface area contributed by atoms with E-state index in [0.29, 0.717) is 18.2 Å². The molecule has 0 aromatic rings. The Hall–Kier alpha value is -0.710. The van der Waals surface area contributed by atoms with E-state index in [1.54, 1.807) is 0 Å². The normalized spacial score (nSPS) is 16.7. The SMILES string of the molecule is COC(=O)CC(C)SCC(=O)N(C)C1CC1. The van der Waals surface area contributed by atoms with Crippen LogP contribution >= 0.6 is 11.8 Å². The quantitative estimate of drug-likeness (QED) is 0.662. The number of esters is 1. The highest BCUT2D eigenvalue weighted by atomic mass is 32.2. The fourth-order valence-corrected chi connectivity index (χ4v) is 2.24. The van der Waals surface area contributed by atoms with Crippen LogP contribution < -0.4 is 0 Å². The molecule has 1 fully saturated rings. The van der Waals surface area contributed by atoms with Crippen LogP contribution in [0, 0.1) is 0 Å². The Morgan fingerprint density at radius 2 is 2.12 bits per heavy atom. The zero-order valence-electron chi connectivity index (χ0n) is 10.1. The van der Waals surface area contributed by atoms with Crippen molar-refractivity contribution in [3.63, 3.8) is 0 Å². The van der Waals surface area contributed by atoms with Gasteiger partial charge >= 0.3 is 5.97 Å². The van der Waals surface area contributed by atoms with Gasteiger partial charge in [0.1, 0.15) is 0 Å². The van der Waals surface area contributed by atoms with Crippen molar-refractivity contribution >= 4 is 23.6 Å². The first-order valence-electron chi connectivity index (χ1n) is 5.48. The molecule has 1 amide bonds. The Balaban J connectivity index is 2.17. The van der Waals surface area contributed by atoms with Crippen molar-refractivity contribution < 1.29 is 14.3 Å². The van der Waals surface area contributed by atoms with Crippen LogP contribution in [-0.4, -0.2) is 48.0 Å². The second-order valence-electron chi connectivity index (χ2n) is 4.14. The molecule has 0 saturated heterocycles. The summed E-state index contributed by atoms with van der Waals surface area (Å²) < 4.78 is 4.58. The zero-order valence-corrected chi connectivity index (χ0v) is 10.9. The van der Waals surface area contributed by atoms with Crippen molar-refractivity contribution in [2.75, 3.05) is 19.9 Å². The van der Waals surface area contributed by atoms with Crippen molar-refractivity contribution in [2.45, 2.75) is 37.5 Å². The van der Waals surface area contributed by atoms with Gasteiger partial charge in [0, 0.05) is 18.3 Å². The van der Waals surface area contributed by atoms with Crippen molar-refractivity contribution in [3.05, 3.63) is 0 Å². The van der Waals surface area contributed by atoms with Crippen molar-refractivity contribution in [1.82, 2.24) is 4.90 Å². The molecule has 1 aliphatic rings. The third-order valence-electron chi connectivity index (χ3n) is 2.66. The lowest BCUT2D eigenvalue weighted by Crippen LogP contribution is -2.30. The molecule has 0 bridgehead atoms. The minimum Gasteiger partial charge on any atom is -0.469 e. The molecule has 1 aliphatic carbocycles. The summed E-state index contributed by atoms with van der Waals surface area (Å²) in [6, 6.07) is 0.462. The summed E-state index contributed by atoms with van der Waals surface area (Å²) in [5.41, 5.74) is 0. The Kier molecular flexibility index (Phi) is 5.12. The number of rotatable bonds is 6. The van der Waals surface area contributed by atoms with E-state index in [0.717, 1.165) is 12.8 Å². The topological polar surface area (TPSA) is 46.6 Å². The minimum atomic E-state index is -0.219. The fourth-order valence-electron chi connectivity index (χ4n) is 1.36. The van der Waals surface area contributed by atoms with Gasteiger partial charge in [-0.25, -0.2) is 0 Å². The summed E-state index contributed by atoms with van der Waals surface area (Å²) in [6.45, 7) is 1.94. The molecule has 0 heterocycles. The molecule has 1 atom stereocenters. The predicted molar refractivity (Wildman–Crippen MR) is 64.3 cm³/mol. The van der Waals surface area contributed by atoms with Gasteiger partial charge in [0.2, 0.25) is 5.91 Å². The fraction of sp³-hybridized carbons (Fsp3) is 0.818. The molecule has 16 heavy (non-hydrogen) atoms. The van der Waals surface area contributed by atoms with Crippen molar-refractivity contribution in [2.24, 2.45) is 0 Å². The molecular formula is C11H19NO3S. The molecule has 0 aromatic carbocycles. The van der Waals surface area contributed by atoms with Crippen molar-refractivity contribution in [1.29, 1.82) is 0 Å². The summed E-state index contributed by atoms with van der Waals surface area (Å²) in [6.07, 6.45) is 2.62. The third-order valence-corrected chi connectivity index (χ3v) is 3.81. The van der Waals surface area contributed by atoms with Gasteiger partial charge in [0.15, 0.2) is 0 Å². The van der Waals surface area contributed by atoms with E-state index < -0.39 is 0 Å². The standard InChI is InChI=1S/C11H19NO3S/c1-8(6-11(14)15-3)16-7-10(13)12(2)9-4-5-9/h8-9H,4-7H2,1-3H3. The number of ether oxygens (including phenoxy) is 1. The Labute approximate surface area is 101 Å². The van der Waals surface area contributed by atoms with Gasteiger partial charge in [-0.05, 0) is 12.8 Å². The molecule has 0 N–H and O–H groups in total. The van der Waals surface area contributed by atoms with Gasteiger partial charge in [-0.2, -0.15) is 0 Å². The first-order chi connectivity index (χ1) is 7.54. The minimum absolute atomic E-state index is 0.129. The monoisotopic (exact) mass is 245 g/mol. The van der Waals surface area contributed by atoms with Gasteiger partial charge in [-0.3, -0.25) is 9.59 Å². The number of hydrogen-bond donors (Lipinski definition) is 0. The van der Waals surface area contributed by atoms with E-state index in [4.69, 9.17) is 0 Å². The molecule has 1 unspecified atom stereocenters. The molecule has 0 aromatic heterocycles. The summed E-state index contributed by atoms with van der Waals surface area (Å²) in [7, 11) is 3.23. The van der Waals surface area contributed by atoms with E-state index in [1.165, 1.54) is 18.9 Å². The van der Waals surface area contributed by atoms with Crippen LogP contribution in [0.2, 0.25) is 0 Å². The van der Waals surface area contributed by atoms with Gasteiger partial charge in [0.05, 0.1) is 19.3 Å². The molecule has 92 valence electrons. The van der Waals surface area contributed by atoms with Gasteiger partial charge < -0.3 is 9.64 Å². The predicted octanol–water partition coefficient (Wildman–Crippen LogP) is 1.29. The number of carbonyl (C=O) groups is 2. The second kappa shape index (κ2) is 6.13. The Morgan fingerprint density at radius 1 is 1.50 bits per heavy atom. The summed E-state index contributed by atoms with van der Waals surface area (Å²) >= 11 is 1.51. The van der Waals surface area contributed by atoms with E-state index >= 15 is 0 Å². The van der Waals surface area contributed by atoms with Crippen LogP contribution in [0.5, 0.6) is 0 Å². The Morgan fingerprint density at radius 3 is 2.62 bits per heavy atom. The first kappa shape index (κ1) is 13.4. The second-order valence-corrected chi connectivity index (χ2v) is 5.56. The van der Waals surface area contributed by atoms with Crippen LogP contribution in [0.25, 0.3) is 0 Å². The maximum absolute atomic E-state index is 11.7. The summed E-state index contributed by atoms with van der Waals surface area (Å²) in [4.78, 5) is 24.5. The van der Waals surface area contributed by atoms with Gasteiger partial charge in [-0.1, -0.05) is 6.92 Å². The first-order valence-corrected chi connectivity index (χ1v) is 6.53. The average Bonchev–Trinajstić information content (AvgIpc) is 3.08. The highest BCUT2D eigenvalue weighted by Gasteiger charge is 2.29. The van der Waals surface area contributed by atoms with Crippen LogP contribution in [0.1, 0.15) is 26.2 Å². The maximum Gasteiger partial charge on any atom is 0.306 e.